The van der Waals surface area contributed by atoms with Crippen LogP contribution in [0.5, 0.6) is 0 Å². The summed E-state index contributed by atoms with van der Waals surface area (Å²) in [6.07, 6.45) is 0. The van der Waals surface area contributed by atoms with Crippen molar-refractivity contribution in [1.29, 1.82) is 0 Å². The summed E-state index contributed by atoms with van der Waals surface area (Å²) in [7, 11) is 3.49. The number of amides is 2. The molecule has 30 heavy (non-hydrogen) atoms. The van der Waals surface area contributed by atoms with Gasteiger partial charge in [-0.3, -0.25) is 9.13 Å². The van der Waals surface area contributed by atoms with Crippen molar-refractivity contribution in [2.75, 3.05) is 41.8 Å². The molecule has 1 aliphatic rings. The minimum Gasteiger partial charge on any atom is -0.378 e. The third kappa shape index (κ3) is 3.78. The molecule has 0 aliphatic carbocycles. The molecule has 1 aliphatic heterocycles. The Morgan fingerprint density at radius 1 is 0.900 bits per heavy atom. The molecule has 0 unspecified atom stereocenters. The average Bonchev–Trinajstić information content (AvgIpc) is 2.91. The molecule has 0 atom stereocenters. The second kappa shape index (κ2) is 7.87. The predicted octanol–water partition coefficient (Wildman–Crippen LogP) is 2.97. The first kappa shape index (κ1) is 20.0. The van der Waals surface area contributed by atoms with Gasteiger partial charge < -0.3 is 20.3 Å². The largest absolute Gasteiger partial charge is 0.378 e. The summed E-state index contributed by atoms with van der Waals surface area (Å²) in [6.45, 7) is 6.69. The number of nitrogens with one attached hydrogen (secondary N) is 2. The van der Waals surface area contributed by atoms with Crippen molar-refractivity contribution in [2.45, 2.75) is 13.8 Å². The van der Waals surface area contributed by atoms with Crippen LogP contribution in [-0.2, 0) is 18.8 Å². The molecule has 2 aromatic carbocycles. The predicted molar refractivity (Wildman–Crippen MR) is 120 cm³/mol. The van der Waals surface area contributed by atoms with E-state index in [9.17, 15) is 9.59 Å². The fourth-order valence-corrected chi connectivity index (χ4v) is 4.03. The van der Waals surface area contributed by atoms with Crippen LogP contribution in [0.1, 0.15) is 11.1 Å². The maximum absolute atomic E-state index is 12.8. The van der Waals surface area contributed by atoms with Crippen molar-refractivity contribution in [3.8, 4) is 0 Å². The smallest absolute Gasteiger partial charge is 0.328 e. The zero-order chi connectivity index (χ0) is 21.4. The molecule has 1 aromatic heterocycles. The first-order valence-corrected chi connectivity index (χ1v) is 10.0. The minimum absolute atomic E-state index is 0.102. The van der Waals surface area contributed by atoms with Gasteiger partial charge in [0.1, 0.15) is 0 Å². The van der Waals surface area contributed by atoms with E-state index in [1.807, 2.05) is 38.1 Å². The molecule has 3 aromatic rings. The van der Waals surface area contributed by atoms with Gasteiger partial charge in [-0.1, -0.05) is 6.07 Å². The normalized spacial score (nSPS) is 14.2. The highest BCUT2D eigenvalue weighted by atomic mass is 16.5. The molecule has 1 fully saturated rings. The van der Waals surface area contributed by atoms with Gasteiger partial charge in [0.15, 0.2) is 0 Å². The molecule has 0 bridgehead atoms. The zero-order valence-electron chi connectivity index (χ0n) is 17.8. The number of anilines is 3. The Balaban J connectivity index is 1.71. The van der Waals surface area contributed by atoms with Crippen LogP contribution < -0.4 is 21.2 Å². The Morgan fingerprint density at radius 3 is 2.13 bits per heavy atom. The Hall–Kier alpha value is -3.26. The first-order valence-electron chi connectivity index (χ1n) is 10.0. The number of urea groups is 1. The summed E-state index contributed by atoms with van der Waals surface area (Å²) < 4.78 is 8.69. The van der Waals surface area contributed by atoms with Crippen LogP contribution in [0.2, 0.25) is 0 Å². The summed E-state index contributed by atoms with van der Waals surface area (Å²) >= 11 is 0. The number of carbonyl (C=O) groups is 1. The molecular weight excluding hydrogens is 382 g/mol. The van der Waals surface area contributed by atoms with Gasteiger partial charge in [-0.15, -0.1) is 0 Å². The number of hydrogen-bond donors (Lipinski definition) is 2. The van der Waals surface area contributed by atoms with E-state index in [0.29, 0.717) is 18.9 Å². The van der Waals surface area contributed by atoms with Crippen LogP contribution in [0.25, 0.3) is 11.0 Å². The van der Waals surface area contributed by atoms with Gasteiger partial charge in [0, 0.05) is 32.9 Å². The lowest BCUT2D eigenvalue weighted by Crippen LogP contribution is -2.37. The van der Waals surface area contributed by atoms with Gasteiger partial charge in [0.25, 0.3) is 0 Å². The first-order chi connectivity index (χ1) is 14.3. The van der Waals surface area contributed by atoms with Gasteiger partial charge in [-0.2, -0.15) is 0 Å². The fraction of sp³-hybridized carbons (Fsp3) is 0.364. The van der Waals surface area contributed by atoms with E-state index in [1.54, 1.807) is 23.2 Å². The van der Waals surface area contributed by atoms with E-state index in [-0.39, 0.29) is 11.7 Å². The van der Waals surface area contributed by atoms with E-state index in [4.69, 9.17) is 4.74 Å². The quantitative estimate of drug-likeness (QED) is 0.697. The maximum Gasteiger partial charge on any atom is 0.328 e. The Bertz CT molecular complexity index is 1150. The van der Waals surface area contributed by atoms with Gasteiger partial charge in [-0.25, -0.2) is 9.59 Å². The highest BCUT2D eigenvalue weighted by molar-refractivity contribution is 6.04. The number of aromatic nitrogens is 2. The number of aryl methyl sites for hydroxylation is 4. The van der Waals surface area contributed by atoms with Gasteiger partial charge in [0.05, 0.1) is 35.6 Å². The number of nitrogens with zero attached hydrogens (tertiary/aromatic N) is 3. The lowest BCUT2D eigenvalue weighted by Gasteiger charge is -2.30. The Labute approximate surface area is 175 Å². The third-order valence-corrected chi connectivity index (χ3v) is 5.47. The van der Waals surface area contributed by atoms with Crippen molar-refractivity contribution in [2.24, 2.45) is 14.1 Å². The number of hydrogen-bond acceptors (Lipinski definition) is 4. The summed E-state index contributed by atoms with van der Waals surface area (Å²) in [4.78, 5) is 27.4. The van der Waals surface area contributed by atoms with Crippen molar-refractivity contribution < 1.29 is 9.53 Å². The average molecular weight is 409 g/mol. The standard InChI is InChI=1S/C22H27N5O3/c1-14-9-15(2)11-16(10-14)23-21(28)24-17-12-19-20(26(4)22(29)25(19)3)13-18(17)27-5-7-30-8-6-27/h9-13H,5-8H2,1-4H3,(H2,23,24,28). The Kier molecular flexibility index (Phi) is 5.26. The SMILES string of the molecule is Cc1cc(C)cc(NC(=O)Nc2cc3c(cc2N2CCOCC2)n(C)c(=O)n3C)c1. The topological polar surface area (TPSA) is 80.5 Å². The molecule has 0 saturated carbocycles. The molecule has 4 rings (SSSR count). The van der Waals surface area contributed by atoms with E-state index in [0.717, 1.165) is 46.6 Å². The summed E-state index contributed by atoms with van der Waals surface area (Å²) in [6, 6.07) is 9.43. The highest BCUT2D eigenvalue weighted by Crippen LogP contribution is 2.32. The molecule has 8 heteroatoms. The van der Waals surface area contributed by atoms with Gasteiger partial charge in [-0.05, 0) is 49.2 Å². The number of ether oxygens (including phenoxy) is 1. The maximum atomic E-state index is 12.8. The van der Waals surface area contributed by atoms with E-state index in [2.05, 4.69) is 21.6 Å². The zero-order valence-corrected chi connectivity index (χ0v) is 17.8. The van der Waals surface area contributed by atoms with Crippen LogP contribution in [-0.4, -0.2) is 41.5 Å². The summed E-state index contributed by atoms with van der Waals surface area (Å²) in [5.74, 6) is 0. The molecule has 8 nitrogen and oxygen atoms in total. The monoisotopic (exact) mass is 409 g/mol. The fourth-order valence-electron chi connectivity index (χ4n) is 4.03. The molecule has 2 amide bonds. The lowest BCUT2D eigenvalue weighted by molar-refractivity contribution is 0.123. The van der Waals surface area contributed by atoms with Crippen molar-refractivity contribution in [1.82, 2.24) is 9.13 Å². The van der Waals surface area contributed by atoms with Crippen LogP contribution >= 0.6 is 0 Å². The van der Waals surface area contributed by atoms with Crippen molar-refractivity contribution in [3.63, 3.8) is 0 Å². The lowest BCUT2D eigenvalue weighted by atomic mass is 10.1. The molecule has 158 valence electrons. The molecule has 0 spiro atoms. The van der Waals surface area contributed by atoms with Gasteiger partial charge >= 0.3 is 11.7 Å². The van der Waals surface area contributed by atoms with Crippen molar-refractivity contribution >= 4 is 34.1 Å². The molecule has 2 heterocycles. The van der Waals surface area contributed by atoms with Gasteiger partial charge in [0.2, 0.25) is 0 Å². The molecule has 1 saturated heterocycles. The minimum atomic E-state index is -0.324. The van der Waals surface area contributed by atoms with E-state index in [1.165, 1.54) is 0 Å². The number of carbonyl (C=O) groups excluding carboxylic acids is 1. The number of morpholine rings is 1. The second-order valence-corrected chi connectivity index (χ2v) is 7.81. The Morgan fingerprint density at radius 2 is 1.50 bits per heavy atom. The number of benzene rings is 2. The van der Waals surface area contributed by atoms with Crippen LogP contribution in [0.4, 0.5) is 21.9 Å². The molecule has 2 N–H and O–H groups in total. The van der Waals surface area contributed by atoms with E-state index < -0.39 is 0 Å². The highest BCUT2D eigenvalue weighted by Gasteiger charge is 2.20. The molecule has 0 radical (unpaired) electrons. The second-order valence-electron chi connectivity index (χ2n) is 7.81. The van der Waals surface area contributed by atoms with Crippen molar-refractivity contribution in [3.05, 3.63) is 51.9 Å². The summed E-state index contributed by atoms with van der Waals surface area (Å²) in [5.41, 5.74) is 5.93. The third-order valence-electron chi connectivity index (χ3n) is 5.47. The number of fused-ring (bicyclic) bond motifs is 1. The number of rotatable bonds is 3. The summed E-state index contributed by atoms with van der Waals surface area (Å²) in [5, 5.41) is 5.90. The molecular formula is C22H27N5O3. The van der Waals surface area contributed by atoms with Crippen LogP contribution in [0, 0.1) is 13.8 Å². The van der Waals surface area contributed by atoms with Crippen LogP contribution in [0.3, 0.4) is 0 Å². The number of imidazole rings is 1. The van der Waals surface area contributed by atoms with E-state index >= 15 is 0 Å². The van der Waals surface area contributed by atoms with Crippen LogP contribution in [0.15, 0.2) is 35.1 Å².